The third-order valence-electron chi connectivity index (χ3n) is 9.18. The Bertz CT molecular complexity index is 1130. The smallest absolute Gasteiger partial charge is 0.345 e. The lowest BCUT2D eigenvalue weighted by molar-refractivity contribution is -0.110. The molecule has 0 aromatic carbocycles. The minimum absolute atomic E-state index is 0.0128. The lowest BCUT2D eigenvalue weighted by Gasteiger charge is -2.59. The Morgan fingerprint density at radius 1 is 1.22 bits per heavy atom. The molecule has 6 atom stereocenters. The number of ether oxygens (including phenoxy) is 3. The summed E-state index contributed by atoms with van der Waals surface area (Å²) in [5.41, 5.74) is 1.83. The Morgan fingerprint density at radius 2 is 1.94 bits per heavy atom. The van der Waals surface area contributed by atoms with Crippen molar-refractivity contribution in [3.8, 4) is 5.95 Å². The van der Waals surface area contributed by atoms with Crippen LogP contribution < -0.4 is 10.2 Å². The predicted molar refractivity (Wildman–Crippen MR) is 136 cm³/mol. The van der Waals surface area contributed by atoms with Crippen LogP contribution in [0.15, 0.2) is 33.0 Å². The highest BCUT2D eigenvalue weighted by molar-refractivity contribution is 5.90. The van der Waals surface area contributed by atoms with Crippen molar-refractivity contribution in [2.24, 2.45) is 22.7 Å². The van der Waals surface area contributed by atoms with E-state index in [0.29, 0.717) is 17.9 Å². The van der Waals surface area contributed by atoms with Gasteiger partial charge in [-0.1, -0.05) is 37.6 Å². The molecule has 0 radical (unpaired) electrons. The van der Waals surface area contributed by atoms with Crippen molar-refractivity contribution in [1.29, 1.82) is 0 Å². The number of allylic oxidation sites excluding steroid dienone is 2. The standard InChI is InChI=1S/C29H40O7/c1-16(2)12-18-14-29(5)22-9-8-17(3)20(28(22,4)11-10-23(29)35-18)13-19-25(31)24(26(32)33-6)21(15-30)36-27(19)34-7/h12,18,20,22-23,30H,3,8-11,13-15H2,1-2,4-7H3/t18-,20-,22-,23-,28-,29+/m1/s1. The van der Waals surface area contributed by atoms with Crippen molar-refractivity contribution in [2.75, 3.05) is 14.2 Å². The van der Waals surface area contributed by atoms with Gasteiger partial charge in [0.1, 0.15) is 12.2 Å². The van der Waals surface area contributed by atoms with E-state index in [0.717, 1.165) is 37.7 Å². The Hall–Kier alpha value is -2.38. The first-order valence-corrected chi connectivity index (χ1v) is 12.9. The van der Waals surface area contributed by atoms with Crippen LogP contribution in [0, 0.1) is 22.7 Å². The fourth-order valence-corrected chi connectivity index (χ4v) is 7.57. The first-order chi connectivity index (χ1) is 17.0. The average molecular weight is 501 g/mol. The van der Waals surface area contributed by atoms with Crippen molar-refractivity contribution in [1.82, 2.24) is 0 Å². The number of methoxy groups -OCH3 is 2. The number of aliphatic hydroxyl groups is 1. The normalized spacial score (nSPS) is 33.5. The number of fused-ring (bicyclic) bond motifs is 3. The maximum atomic E-state index is 13.6. The third-order valence-corrected chi connectivity index (χ3v) is 9.18. The monoisotopic (exact) mass is 500 g/mol. The van der Waals surface area contributed by atoms with E-state index in [-0.39, 0.29) is 46.2 Å². The number of aliphatic hydroxyl groups excluding tert-OH is 1. The van der Waals surface area contributed by atoms with Crippen LogP contribution in [0.1, 0.15) is 81.5 Å². The van der Waals surface area contributed by atoms with Crippen LogP contribution in [0.3, 0.4) is 0 Å². The largest absolute Gasteiger partial charge is 0.468 e. The van der Waals surface area contributed by atoms with Crippen molar-refractivity contribution >= 4 is 5.97 Å². The lowest BCUT2D eigenvalue weighted by Crippen LogP contribution is -2.55. The molecule has 198 valence electrons. The summed E-state index contributed by atoms with van der Waals surface area (Å²) in [5.74, 6) is -0.531. The molecule has 2 heterocycles. The zero-order valence-corrected chi connectivity index (χ0v) is 22.4. The first kappa shape index (κ1) is 26.7. The Balaban J connectivity index is 1.75. The second-order valence-electron chi connectivity index (χ2n) is 11.5. The molecule has 1 N–H and O–H groups in total. The molecule has 0 unspecified atom stereocenters. The summed E-state index contributed by atoms with van der Waals surface area (Å²) in [4.78, 5) is 26.0. The molecule has 1 aliphatic heterocycles. The molecule has 3 fully saturated rings. The molecule has 0 spiro atoms. The van der Waals surface area contributed by atoms with Crippen LogP contribution in [-0.4, -0.2) is 37.5 Å². The molecule has 36 heavy (non-hydrogen) atoms. The second-order valence-corrected chi connectivity index (χ2v) is 11.5. The number of hydrogen-bond donors (Lipinski definition) is 1. The zero-order valence-electron chi connectivity index (χ0n) is 22.4. The third kappa shape index (κ3) is 4.24. The number of rotatable bonds is 6. The number of esters is 1. The SMILES string of the molecule is C=C1CC[C@@H]2[C@](C)(CC[C@H]3O[C@H](C=C(C)C)C[C@@]23C)[C@@H]1Cc1c(OC)oc(CO)c(C(=O)OC)c1=O. The quantitative estimate of drug-likeness (QED) is 0.435. The van der Waals surface area contributed by atoms with Gasteiger partial charge < -0.3 is 23.7 Å². The molecule has 0 amide bonds. The van der Waals surface area contributed by atoms with Crippen LogP contribution in [0.25, 0.3) is 0 Å². The van der Waals surface area contributed by atoms with Gasteiger partial charge in [-0.15, -0.1) is 0 Å². The molecular formula is C29H40O7. The Kier molecular flexibility index (Phi) is 7.28. The molecule has 2 aliphatic carbocycles. The van der Waals surface area contributed by atoms with Crippen LogP contribution in [-0.2, 0) is 22.5 Å². The van der Waals surface area contributed by atoms with Gasteiger partial charge >= 0.3 is 5.97 Å². The highest BCUT2D eigenvalue weighted by Crippen LogP contribution is 2.65. The minimum atomic E-state index is -0.829. The van der Waals surface area contributed by atoms with Gasteiger partial charge in [0.05, 0.1) is 32.0 Å². The summed E-state index contributed by atoms with van der Waals surface area (Å²) >= 11 is 0. The van der Waals surface area contributed by atoms with Gasteiger partial charge in [-0.25, -0.2) is 4.79 Å². The van der Waals surface area contributed by atoms with Crippen LogP contribution in [0.5, 0.6) is 5.95 Å². The fourth-order valence-electron chi connectivity index (χ4n) is 7.57. The van der Waals surface area contributed by atoms with E-state index < -0.39 is 18.0 Å². The van der Waals surface area contributed by atoms with Gasteiger partial charge in [0.15, 0.2) is 5.76 Å². The van der Waals surface area contributed by atoms with Crippen molar-refractivity contribution in [3.63, 3.8) is 0 Å². The summed E-state index contributed by atoms with van der Waals surface area (Å²) in [7, 11) is 2.62. The molecule has 4 rings (SSSR count). The van der Waals surface area contributed by atoms with E-state index in [2.05, 4.69) is 40.3 Å². The molecule has 7 heteroatoms. The highest BCUT2D eigenvalue weighted by Gasteiger charge is 2.61. The average Bonchev–Trinajstić information content (AvgIpc) is 3.15. The molecule has 2 saturated carbocycles. The summed E-state index contributed by atoms with van der Waals surface area (Å²) < 4.78 is 22.5. The van der Waals surface area contributed by atoms with E-state index >= 15 is 0 Å². The van der Waals surface area contributed by atoms with Gasteiger partial charge in [-0.2, -0.15) is 0 Å². The molecular weight excluding hydrogens is 460 g/mol. The van der Waals surface area contributed by atoms with E-state index in [4.69, 9.17) is 18.6 Å². The number of carbonyl (C=O) groups is 1. The molecule has 1 aromatic rings. The van der Waals surface area contributed by atoms with E-state index in [1.807, 2.05) is 0 Å². The molecule has 0 bridgehead atoms. The molecule has 1 saturated heterocycles. The maximum Gasteiger partial charge on any atom is 0.345 e. The minimum Gasteiger partial charge on any atom is -0.468 e. The van der Waals surface area contributed by atoms with Gasteiger partial charge in [-0.05, 0) is 75.0 Å². The van der Waals surface area contributed by atoms with Gasteiger partial charge in [0, 0.05) is 0 Å². The van der Waals surface area contributed by atoms with Crippen LogP contribution in [0.4, 0.5) is 0 Å². The summed E-state index contributed by atoms with van der Waals surface area (Å²) in [6.07, 6.45) is 7.80. The summed E-state index contributed by atoms with van der Waals surface area (Å²) in [6.45, 7) is 12.8. The van der Waals surface area contributed by atoms with E-state index in [1.54, 1.807) is 0 Å². The molecule has 7 nitrogen and oxygen atoms in total. The van der Waals surface area contributed by atoms with Crippen molar-refractivity contribution in [3.05, 3.63) is 50.9 Å². The fraction of sp³-hybridized carbons (Fsp3) is 0.655. The molecule has 3 aliphatic rings. The molecule has 1 aromatic heterocycles. The predicted octanol–water partition coefficient (Wildman–Crippen LogP) is 4.98. The maximum absolute atomic E-state index is 13.6. The first-order valence-electron chi connectivity index (χ1n) is 12.9. The Labute approximate surface area is 213 Å². The number of carbonyl (C=O) groups excluding carboxylic acids is 1. The van der Waals surface area contributed by atoms with Crippen molar-refractivity contribution in [2.45, 2.75) is 85.0 Å². The second kappa shape index (κ2) is 9.82. The summed E-state index contributed by atoms with van der Waals surface area (Å²) in [6, 6.07) is 0. The summed E-state index contributed by atoms with van der Waals surface area (Å²) in [5, 5.41) is 9.72. The van der Waals surface area contributed by atoms with Gasteiger partial charge in [0.2, 0.25) is 5.43 Å². The number of hydrogen-bond acceptors (Lipinski definition) is 7. The van der Waals surface area contributed by atoms with Gasteiger partial charge in [0.25, 0.3) is 5.95 Å². The van der Waals surface area contributed by atoms with E-state index in [1.165, 1.54) is 19.8 Å². The zero-order chi connectivity index (χ0) is 26.4. The highest BCUT2D eigenvalue weighted by atomic mass is 16.6. The Morgan fingerprint density at radius 3 is 2.56 bits per heavy atom. The van der Waals surface area contributed by atoms with E-state index in [9.17, 15) is 14.7 Å². The van der Waals surface area contributed by atoms with Gasteiger partial charge in [-0.3, -0.25) is 4.79 Å². The topological polar surface area (TPSA) is 95.2 Å². The van der Waals surface area contributed by atoms with Crippen LogP contribution in [0.2, 0.25) is 0 Å². The lowest BCUT2D eigenvalue weighted by atomic mass is 9.45. The van der Waals surface area contributed by atoms with Crippen LogP contribution >= 0.6 is 0 Å². The van der Waals surface area contributed by atoms with Crippen molar-refractivity contribution < 1.29 is 28.5 Å².